The van der Waals surface area contributed by atoms with Crippen LogP contribution in [0.2, 0.25) is 0 Å². The van der Waals surface area contributed by atoms with Crippen LogP contribution in [0, 0.1) is 0 Å². The van der Waals surface area contributed by atoms with E-state index in [1.165, 1.54) is 53.2 Å². The SMILES string of the molecule is c1ccc(-c2ccccc2-c2nc(-c3ccc(-c4ccc5ccc(-c6cccc(-c7cccc8c7sc7ccccc78)c6)cc5c4)cc3)nc(-c3ccccc3-c3ccccc3)n2)cc1. The molecule has 0 amide bonds. The molecule has 0 aliphatic rings. The summed E-state index contributed by atoms with van der Waals surface area (Å²) in [5.41, 5.74) is 14.3. The molecule has 0 saturated heterocycles. The highest BCUT2D eigenvalue weighted by atomic mass is 32.1. The Hall–Kier alpha value is -8.31. The monoisotopic (exact) mass is 845 g/mol. The van der Waals surface area contributed by atoms with Crippen molar-refractivity contribution in [1.82, 2.24) is 15.0 Å². The Labute approximate surface area is 381 Å². The van der Waals surface area contributed by atoms with Crippen molar-refractivity contribution in [2.24, 2.45) is 0 Å². The van der Waals surface area contributed by atoms with Crippen molar-refractivity contribution in [3.8, 4) is 89.8 Å². The van der Waals surface area contributed by atoms with Gasteiger partial charge in [0.25, 0.3) is 0 Å². The van der Waals surface area contributed by atoms with E-state index in [0.717, 1.165) is 50.1 Å². The number of aromatic nitrogens is 3. The molecule has 304 valence electrons. The van der Waals surface area contributed by atoms with E-state index in [4.69, 9.17) is 15.0 Å². The third-order valence-electron chi connectivity index (χ3n) is 12.4. The van der Waals surface area contributed by atoms with E-state index in [9.17, 15) is 0 Å². The van der Waals surface area contributed by atoms with Gasteiger partial charge in [-0.05, 0) is 90.7 Å². The van der Waals surface area contributed by atoms with E-state index in [2.05, 4.69) is 224 Å². The van der Waals surface area contributed by atoms with Crippen LogP contribution in [0.3, 0.4) is 0 Å². The van der Waals surface area contributed by atoms with Crippen LogP contribution in [0.1, 0.15) is 0 Å². The second-order valence-corrected chi connectivity index (χ2v) is 17.4. The molecule has 2 heterocycles. The molecule has 0 fully saturated rings. The molecule has 0 radical (unpaired) electrons. The predicted molar refractivity (Wildman–Crippen MR) is 274 cm³/mol. The van der Waals surface area contributed by atoms with Crippen molar-refractivity contribution in [1.29, 1.82) is 0 Å². The largest absolute Gasteiger partial charge is 0.208 e. The van der Waals surface area contributed by atoms with Crippen molar-refractivity contribution >= 4 is 42.3 Å². The summed E-state index contributed by atoms with van der Waals surface area (Å²) in [6.45, 7) is 0. The van der Waals surface area contributed by atoms with Crippen LogP contribution in [-0.4, -0.2) is 15.0 Å². The van der Waals surface area contributed by atoms with Gasteiger partial charge in [-0.3, -0.25) is 0 Å². The molecule has 12 rings (SSSR count). The summed E-state index contributed by atoms with van der Waals surface area (Å²) in [6, 6.07) is 84.1. The van der Waals surface area contributed by atoms with E-state index < -0.39 is 0 Å². The summed E-state index contributed by atoms with van der Waals surface area (Å²) >= 11 is 1.87. The van der Waals surface area contributed by atoms with Gasteiger partial charge in [0.05, 0.1) is 0 Å². The van der Waals surface area contributed by atoms with Crippen LogP contribution in [0.5, 0.6) is 0 Å². The van der Waals surface area contributed by atoms with Gasteiger partial charge in [-0.1, -0.05) is 212 Å². The molecule has 0 bridgehead atoms. The Morgan fingerprint density at radius 3 is 1.35 bits per heavy atom. The third-order valence-corrected chi connectivity index (χ3v) is 13.6. The summed E-state index contributed by atoms with van der Waals surface area (Å²) in [5.74, 6) is 1.88. The van der Waals surface area contributed by atoms with E-state index >= 15 is 0 Å². The normalized spacial score (nSPS) is 11.4. The minimum atomic E-state index is 0.622. The van der Waals surface area contributed by atoms with Gasteiger partial charge in [0.15, 0.2) is 17.5 Å². The molecule has 65 heavy (non-hydrogen) atoms. The topological polar surface area (TPSA) is 38.7 Å². The van der Waals surface area contributed by atoms with Crippen LogP contribution in [-0.2, 0) is 0 Å². The Kier molecular flexibility index (Phi) is 9.70. The molecule has 0 spiro atoms. The first-order valence-corrected chi connectivity index (χ1v) is 22.7. The van der Waals surface area contributed by atoms with E-state index in [1.807, 2.05) is 23.5 Å². The molecule has 4 heteroatoms. The lowest BCUT2D eigenvalue weighted by atomic mass is 9.95. The fourth-order valence-electron chi connectivity index (χ4n) is 9.10. The number of nitrogens with zero attached hydrogens (tertiary/aromatic N) is 3. The maximum absolute atomic E-state index is 5.21. The van der Waals surface area contributed by atoms with Crippen LogP contribution in [0.4, 0.5) is 0 Å². The first-order chi connectivity index (χ1) is 32.2. The van der Waals surface area contributed by atoms with E-state index in [-0.39, 0.29) is 0 Å². The standard InChI is InChI=1S/C61H39N3S/c1-3-15-42(16-4-1)50-21-7-9-24-55(50)60-62-59(63-61(64-60)56-25-10-8-22-51(56)43-17-5-2-6-18-43)44-33-29-40(30-34-44)46-35-31-41-32-36-47(39-49(41)38-46)45-19-13-20-48(37-45)52-26-14-27-54-53-23-11-12-28-57(53)65-58(52)54/h1-39H. The number of hydrogen-bond acceptors (Lipinski definition) is 4. The molecule has 0 saturated carbocycles. The van der Waals surface area contributed by atoms with Gasteiger partial charge in [-0.25, -0.2) is 15.0 Å². The van der Waals surface area contributed by atoms with Crippen molar-refractivity contribution in [3.63, 3.8) is 0 Å². The molecular formula is C61H39N3S. The minimum Gasteiger partial charge on any atom is -0.208 e. The molecule has 12 aromatic rings. The first-order valence-electron chi connectivity index (χ1n) is 21.9. The number of thiophene rings is 1. The van der Waals surface area contributed by atoms with Crippen molar-refractivity contribution in [3.05, 3.63) is 237 Å². The fraction of sp³-hybridized carbons (Fsp3) is 0. The maximum atomic E-state index is 5.21. The Morgan fingerprint density at radius 2 is 0.692 bits per heavy atom. The maximum Gasteiger partial charge on any atom is 0.164 e. The molecule has 10 aromatic carbocycles. The third kappa shape index (κ3) is 7.26. The molecule has 0 aliphatic carbocycles. The second-order valence-electron chi connectivity index (χ2n) is 16.3. The summed E-state index contributed by atoms with van der Waals surface area (Å²) in [5, 5.41) is 5.04. The van der Waals surface area contributed by atoms with Crippen LogP contribution in [0.25, 0.3) is 121 Å². The molecular weight excluding hydrogens is 807 g/mol. The number of benzene rings is 10. The molecule has 0 N–H and O–H groups in total. The first kappa shape index (κ1) is 38.4. The lowest BCUT2D eigenvalue weighted by molar-refractivity contribution is 1.07. The zero-order valence-electron chi connectivity index (χ0n) is 35.3. The molecule has 0 aliphatic heterocycles. The predicted octanol–water partition coefficient (Wildman–Crippen LogP) is 16.7. The smallest absolute Gasteiger partial charge is 0.164 e. The minimum absolute atomic E-state index is 0.622. The number of fused-ring (bicyclic) bond motifs is 4. The quantitative estimate of drug-likeness (QED) is 0.153. The highest BCUT2D eigenvalue weighted by Crippen LogP contribution is 2.41. The van der Waals surface area contributed by atoms with Gasteiger partial charge in [0.2, 0.25) is 0 Å². The Bertz CT molecular complexity index is 3610. The van der Waals surface area contributed by atoms with Gasteiger partial charge < -0.3 is 0 Å². The van der Waals surface area contributed by atoms with Gasteiger partial charge in [0, 0.05) is 36.9 Å². The molecule has 3 nitrogen and oxygen atoms in total. The van der Waals surface area contributed by atoms with E-state index in [0.29, 0.717) is 17.5 Å². The second kappa shape index (κ2) is 16.4. The fourth-order valence-corrected chi connectivity index (χ4v) is 10.3. The average molecular weight is 846 g/mol. The molecule has 0 atom stereocenters. The summed E-state index contributed by atoms with van der Waals surface area (Å²) in [7, 11) is 0. The average Bonchev–Trinajstić information content (AvgIpc) is 3.78. The van der Waals surface area contributed by atoms with Crippen LogP contribution >= 0.6 is 11.3 Å². The summed E-state index contributed by atoms with van der Waals surface area (Å²) in [4.78, 5) is 15.6. The van der Waals surface area contributed by atoms with Gasteiger partial charge in [-0.2, -0.15) is 0 Å². The van der Waals surface area contributed by atoms with Crippen molar-refractivity contribution in [2.45, 2.75) is 0 Å². The van der Waals surface area contributed by atoms with Crippen LogP contribution in [0.15, 0.2) is 237 Å². The van der Waals surface area contributed by atoms with Gasteiger partial charge in [0.1, 0.15) is 0 Å². The lowest BCUT2D eigenvalue weighted by Crippen LogP contribution is -2.02. The van der Waals surface area contributed by atoms with Gasteiger partial charge >= 0.3 is 0 Å². The zero-order valence-corrected chi connectivity index (χ0v) is 36.1. The lowest BCUT2D eigenvalue weighted by Gasteiger charge is -2.14. The number of hydrogen-bond donors (Lipinski definition) is 0. The Balaban J connectivity index is 0.906. The zero-order chi connectivity index (χ0) is 43.1. The van der Waals surface area contributed by atoms with E-state index in [1.54, 1.807) is 0 Å². The highest BCUT2D eigenvalue weighted by Gasteiger charge is 2.18. The highest BCUT2D eigenvalue weighted by molar-refractivity contribution is 7.26. The Morgan fingerprint density at radius 1 is 0.246 bits per heavy atom. The van der Waals surface area contributed by atoms with Crippen molar-refractivity contribution < 1.29 is 0 Å². The number of rotatable bonds is 8. The van der Waals surface area contributed by atoms with Crippen molar-refractivity contribution in [2.75, 3.05) is 0 Å². The molecule has 0 unspecified atom stereocenters. The summed E-state index contributed by atoms with van der Waals surface area (Å²) in [6.07, 6.45) is 0. The molecule has 2 aromatic heterocycles. The summed E-state index contributed by atoms with van der Waals surface area (Å²) < 4.78 is 2.65. The van der Waals surface area contributed by atoms with Gasteiger partial charge in [-0.15, -0.1) is 11.3 Å². The van der Waals surface area contributed by atoms with Crippen LogP contribution < -0.4 is 0 Å².